The van der Waals surface area contributed by atoms with Gasteiger partial charge in [0.2, 0.25) is 0 Å². The van der Waals surface area contributed by atoms with Crippen LogP contribution in [0.15, 0.2) is 17.2 Å². The summed E-state index contributed by atoms with van der Waals surface area (Å²) in [5.74, 6) is 0.419. The second-order valence-electron chi connectivity index (χ2n) is 5.36. The monoisotopic (exact) mass is 267 g/mol. The van der Waals surface area contributed by atoms with E-state index in [0.717, 1.165) is 22.3 Å². The van der Waals surface area contributed by atoms with Gasteiger partial charge in [0.15, 0.2) is 0 Å². The van der Waals surface area contributed by atoms with Crippen molar-refractivity contribution in [3.63, 3.8) is 0 Å². The number of aromatic nitrogens is 1. The summed E-state index contributed by atoms with van der Waals surface area (Å²) < 4.78 is 11.9. The summed E-state index contributed by atoms with van der Waals surface area (Å²) in [5.41, 5.74) is 5.81. The largest absolute Gasteiger partial charge is 0.496 e. The predicted molar refractivity (Wildman–Crippen MR) is 74.4 cm³/mol. The lowest BCUT2D eigenvalue weighted by Crippen LogP contribution is -2.41. The zero-order chi connectivity index (χ0) is 13.6. The number of nitrogens with two attached hydrogens (primary N) is 2. The molecule has 0 unspecified atom stereocenters. The average molecular weight is 267 g/mol. The number of hydrogen-bond donors (Lipinski definition) is 2. The Kier molecular flexibility index (Phi) is 3.35. The molecule has 1 aromatic rings. The molecule has 0 radical (unpaired) electrons. The second kappa shape index (κ2) is 4.41. The first-order valence-electron chi connectivity index (χ1n) is 5.74. The van der Waals surface area contributed by atoms with Crippen LogP contribution in [-0.4, -0.2) is 23.3 Å². The van der Waals surface area contributed by atoms with E-state index >= 15 is 0 Å². The van der Waals surface area contributed by atoms with Gasteiger partial charge in [0.1, 0.15) is 5.82 Å². The molecule has 98 valence electrons. The number of pyridine rings is 1. The molecular weight excluding hydrogens is 249 g/mol. The van der Waals surface area contributed by atoms with E-state index in [1.165, 1.54) is 0 Å². The molecule has 0 spiro atoms. The molecule has 1 saturated heterocycles. The Labute approximate surface area is 112 Å². The van der Waals surface area contributed by atoms with Crippen LogP contribution in [0, 0.1) is 0 Å². The summed E-state index contributed by atoms with van der Waals surface area (Å²) in [6.07, 6.45) is 1.66. The molecule has 1 aliphatic heterocycles. The number of hydrogen-bond acceptors (Lipinski definition) is 6. The highest BCUT2D eigenvalue weighted by molar-refractivity contribution is 7.97. The number of nitrogen functional groups attached to an aromatic ring is 1. The summed E-state index contributed by atoms with van der Waals surface area (Å²) in [7, 11) is -0.436. The SMILES string of the molecule is CC1(C)OB(c2cnc(N)c(SN)c2)OC1(C)C. The van der Waals surface area contributed by atoms with Gasteiger partial charge in [-0.2, -0.15) is 0 Å². The van der Waals surface area contributed by atoms with Crippen LogP contribution in [0.3, 0.4) is 0 Å². The van der Waals surface area contributed by atoms with E-state index in [1.807, 2.05) is 33.8 Å². The average Bonchev–Trinajstić information content (AvgIpc) is 2.49. The highest BCUT2D eigenvalue weighted by atomic mass is 32.2. The first-order valence-corrected chi connectivity index (χ1v) is 6.62. The lowest BCUT2D eigenvalue weighted by atomic mass is 9.80. The van der Waals surface area contributed by atoms with E-state index in [9.17, 15) is 0 Å². The maximum atomic E-state index is 5.94. The summed E-state index contributed by atoms with van der Waals surface area (Å²) in [5, 5.41) is 5.54. The molecule has 1 fully saturated rings. The Morgan fingerprint density at radius 2 is 1.78 bits per heavy atom. The van der Waals surface area contributed by atoms with E-state index in [4.69, 9.17) is 20.2 Å². The Hall–Kier alpha value is -0.755. The summed E-state index contributed by atoms with van der Waals surface area (Å²) in [4.78, 5) is 4.83. The van der Waals surface area contributed by atoms with Crippen LogP contribution in [-0.2, 0) is 9.31 Å². The molecule has 2 rings (SSSR count). The van der Waals surface area contributed by atoms with E-state index in [1.54, 1.807) is 6.20 Å². The molecular formula is C11H18BN3O2S. The van der Waals surface area contributed by atoms with Crippen molar-refractivity contribution in [1.29, 1.82) is 0 Å². The van der Waals surface area contributed by atoms with Crippen LogP contribution in [0.5, 0.6) is 0 Å². The molecule has 4 N–H and O–H groups in total. The van der Waals surface area contributed by atoms with Crippen molar-refractivity contribution in [3.8, 4) is 0 Å². The van der Waals surface area contributed by atoms with Crippen molar-refractivity contribution >= 4 is 30.3 Å². The third-order valence-electron chi connectivity index (χ3n) is 3.56. The molecule has 0 bridgehead atoms. The molecule has 2 heterocycles. The summed E-state index contributed by atoms with van der Waals surface area (Å²) in [6.45, 7) is 8.04. The van der Waals surface area contributed by atoms with E-state index < -0.39 is 7.12 Å². The van der Waals surface area contributed by atoms with E-state index in [2.05, 4.69) is 4.98 Å². The number of rotatable bonds is 2. The quantitative estimate of drug-likeness (QED) is 0.612. The van der Waals surface area contributed by atoms with Crippen LogP contribution in [0.1, 0.15) is 27.7 Å². The Morgan fingerprint density at radius 1 is 1.22 bits per heavy atom. The molecule has 1 aromatic heterocycles. The standard InChI is InChI=1S/C11H18BN3O2S/c1-10(2)11(3,4)17-12(16-10)7-5-8(18-14)9(13)15-6-7/h5-6H,14H2,1-4H3,(H2,13,15). The third-order valence-corrected chi connectivity index (χ3v) is 4.14. The number of nitrogens with zero attached hydrogens (tertiary/aromatic N) is 1. The summed E-state index contributed by atoms with van der Waals surface area (Å²) >= 11 is 1.07. The van der Waals surface area contributed by atoms with Crippen LogP contribution < -0.4 is 16.3 Å². The first-order chi connectivity index (χ1) is 8.27. The maximum Gasteiger partial charge on any atom is 0.496 e. The maximum absolute atomic E-state index is 5.94. The molecule has 0 aromatic carbocycles. The minimum Gasteiger partial charge on any atom is -0.399 e. The number of anilines is 1. The summed E-state index contributed by atoms with van der Waals surface area (Å²) in [6, 6.07) is 1.86. The zero-order valence-corrected chi connectivity index (χ0v) is 11.9. The molecule has 1 aliphatic rings. The Bertz CT molecular complexity index is 452. The van der Waals surface area contributed by atoms with Gasteiger partial charge in [0.05, 0.1) is 16.1 Å². The van der Waals surface area contributed by atoms with Crippen LogP contribution in [0.25, 0.3) is 0 Å². The molecule has 5 nitrogen and oxygen atoms in total. The smallest absolute Gasteiger partial charge is 0.399 e. The lowest BCUT2D eigenvalue weighted by molar-refractivity contribution is 0.00578. The Morgan fingerprint density at radius 3 is 2.28 bits per heavy atom. The second-order valence-corrected chi connectivity index (χ2v) is 6.03. The van der Waals surface area contributed by atoms with Crippen LogP contribution in [0.4, 0.5) is 5.82 Å². The van der Waals surface area contributed by atoms with Gasteiger partial charge in [-0.1, -0.05) is 0 Å². The van der Waals surface area contributed by atoms with Crippen molar-refractivity contribution in [3.05, 3.63) is 12.3 Å². The van der Waals surface area contributed by atoms with Gasteiger partial charge in [-0.15, -0.1) is 0 Å². The van der Waals surface area contributed by atoms with Crippen LogP contribution in [0.2, 0.25) is 0 Å². The van der Waals surface area contributed by atoms with E-state index in [-0.39, 0.29) is 11.2 Å². The van der Waals surface area contributed by atoms with Crippen molar-refractivity contribution in [2.75, 3.05) is 5.73 Å². The van der Waals surface area contributed by atoms with Gasteiger partial charge < -0.3 is 15.0 Å². The van der Waals surface area contributed by atoms with E-state index in [0.29, 0.717) is 5.82 Å². The van der Waals surface area contributed by atoms with Gasteiger partial charge in [0.25, 0.3) is 0 Å². The molecule has 0 amide bonds. The highest BCUT2D eigenvalue weighted by Gasteiger charge is 2.51. The van der Waals surface area contributed by atoms with Crippen molar-refractivity contribution in [2.45, 2.75) is 43.8 Å². The molecule has 18 heavy (non-hydrogen) atoms. The van der Waals surface area contributed by atoms with Crippen molar-refractivity contribution in [2.24, 2.45) is 5.14 Å². The van der Waals surface area contributed by atoms with Gasteiger partial charge in [-0.05, 0) is 45.7 Å². The van der Waals surface area contributed by atoms with Crippen molar-refractivity contribution < 1.29 is 9.31 Å². The fourth-order valence-corrected chi connectivity index (χ4v) is 2.05. The zero-order valence-electron chi connectivity index (χ0n) is 11.1. The van der Waals surface area contributed by atoms with Gasteiger partial charge in [0, 0.05) is 11.7 Å². The molecule has 7 heteroatoms. The first kappa shape index (κ1) is 13.7. The highest BCUT2D eigenvalue weighted by Crippen LogP contribution is 2.36. The van der Waals surface area contributed by atoms with Gasteiger partial charge >= 0.3 is 7.12 Å². The van der Waals surface area contributed by atoms with Crippen LogP contribution >= 0.6 is 11.9 Å². The van der Waals surface area contributed by atoms with Gasteiger partial charge in [-0.25, -0.2) is 4.98 Å². The molecule has 0 saturated carbocycles. The minimum absolute atomic E-state index is 0.366. The minimum atomic E-state index is -0.436. The fraction of sp³-hybridized carbons (Fsp3) is 0.545. The predicted octanol–water partition coefficient (Wildman–Crippen LogP) is 0.929. The molecule has 0 atom stereocenters. The Balaban J connectivity index is 2.30. The lowest BCUT2D eigenvalue weighted by Gasteiger charge is -2.32. The van der Waals surface area contributed by atoms with Crippen molar-refractivity contribution in [1.82, 2.24) is 4.98 Å². The fourth-order valence-electron chi connectivity index (χ4n) is 1.67. The van der Waals surface area contributed by atoms with Gasteiger partial charge in [-0.3, -0.25) is 5.14 Å². The normalized spacial score (nSPS) is 21.3. The third kappa shape index (κ3) is 2.23. The topological polar surface area (TPSA) is 83.4 Å². The molecule has 0 aliphatic carbocycles.